The van der Waals surface area contributed by atoms with Gasteiger partial charge in [-0.05, 0) is 0 Å². The SMILES string of the molecule is ClC1[CH2][AlH][CH](Cl)C(Cl)C1Cl.[H-].[Na+]. The first-order valence-corrected chi connectivity index (χ1v) is 6.75. The fourth-order valence-electron chi connectivity index (χ4n) is 1.04. The number of alkyl halides is 4. The van der Waals surface area contributed by atoms with Gasteiger partial charge in [-0.3, -0.25) is 0 Å². The molecule has 0 bridgehead atoms. The van der Waals surface area contributed by atoms with Crippen LogP contribution in [0.1, 0.15) is 1.43 Å². The largest absolute Gasteiger partial charge is 1.00 e. The minimum Gasteiger partial charge on any atom is -1.00 e. The molecule has 1 rings (SSSR count). The summed E-state index contributed by atoms with van der Waals surface area (Å²) in [4.78, 5) is 0. The third kappa shape index (κ3) is 3.74. The normalized spacial score (nSPS) is 44.0. The standard InChI is InChI=1S/C5H6Cl4.Al.Na.2H/c1-3(7)5(9)4(8)2-6;;;;/h2-5H,1H2;;;;/q;;+1;;-1. The van der Waals surface area contributed by atoms with Gasteiger partial charge >= 0.3 is 29.6 Å². The summed E-state index contributed by atoms with van der Waals surface area (Å²) in [5.74, 6) is 0. The van der Waals surface area contributed by atoms with Crippen molar-refractivity contribution >= 4 is 61.6 Å². The molecule has 1 saturated heterocycles. The molecule has 4 atom stereocenters. The molecule has 0 aromatic heterocycles. The van der Waals surface area contributed by atoms with Crippen molar-refractivity contribution in [2.45, 2.75) is 25.7 Å². The Balaban J connectivity index is 0. The Bertz CT molecular complexity index is 116. The second-order valence-electron chi connectivity index (χ2n) is 2.50. The van der Waals surface area contributed by atoms with Gasteiger partial charge in [0.2, 0.25) is 0 Å². The van der Waals surface area contributed by atoms with Gasteiger partial charge in [-0.25, -0.2) is 0 Å². The number of hydrogen-bond acceptors (Lipinski definition) is 0. The van der Waals surface area contributed by atoms with E-state index in [0.717, 1.165) is 5.28 Å². The van der Waals surface area contributed by atoms with E-state index in [0.29, 0.717) is 0 Å². The summed E-state index contributed by atoms with van der Waals surface area (Å²) in [6.45, 7) is 0. The van der Waals surface area contributed by atoms with Crippen LogP contribution in [0.4, 0.5) is 0 Å². The van der Waals surface area contributed by atoms with Crippen LogP contribution in [0.2, 0.25) is 5.28 Å². The van der Waals surface area contributed by atoms with E-state index >= 15 is 0 Å². The van der Waals surface area contributed by atoms with E-state index in [1.54, 1.807) is 0 Å². The van der Waals surface area contributed by atoms with Gasteiger partial charge in [0.05, 0.1) is 10.8 Å². The van der Waals surface area contributed by atoms with E-state index < -0.39 is 0 Å². The molecular formula is C5H8AlCl4Na. The Labute approximate surface area is 117 Å². The Morgan fingerprint density at radius 3 is 2.09 bits per heavy atom. The summed E-state index contributed by atoms with van der Waals surface area (Å²) in [7, 11) is 0. The van der Waals surface area contributed by atoms with Gasteiger partial charge in [-0.2, -0.15) is 0 Å². The van der Waals surface area contributed by atoms with Gasteiger partial charge < -0.3 is 1.43 Å². The summed E-state index contributed by atoms with van der Waals surface area (Å²) in [5, 5.41) is 0.789. The minimum atomic E-state index is -0.277. The molecule has 0 aliphatic carbocycles. The van der Waals surface area contributed by atoms with Crippen molar-refractivity contribution in [2.24, 2.45) is 0 Å². The van der Waals surface area contributed by atoms with Gasteiger partial charge in [0.15, 0.2) is 0 Å². The molecule has 4 unspecified atom stereocenters. The summed E-state index contributed by atoms with van der Waals surface area (Å²) < 4.78 is 0.124. The third-order valence-corrected chi connectivity index (χ3v) is 7.35. The minimum absolute atomic E-state index is 0. The second-order valence-corrected chi connectivity index (χ2v) is 7.18. The maximum Gasteiger partial charge on any atom is 1.00 e. The molecule has 0 saturated carbocycles. The van der Waals surface area contributed by atoms with Crippen LogP contribution in [0.3, 0.4) is 0 Å². The predicted octanol–water partition coefficient (Wildman–Crippen LogP) is -0.642. The first kappa shape index (κ1) is 13.7. The quantitative estimate of drug-likeness (QED) is 0.401. The van der Waals surface area contributed by atoms with E-state index in [9.17, 15) is 0 Å². The van der Waals surface area contributed by atoms with Crippen molar-refractivity contribution in [3.8, 4) is 0 Å². The molecule has 0 N–H and O–H groups in total. The zero-order valence-corrected chi connectivity index (χ0v) is 12.7. The average Bonchev–Trinajstić information content (AvgIpc) is 1.93. The van der Waals surface area contributed by atoms with Crippen molar-refractivity contribution < 1.29 is 31.0 Å². The topological polar surface area (TPSA) is 0 Å². The molecule has 0 aromatic rings. The first-order chi connectivity index (χ1) is 4.63. The van der Waals surface area contributed by atoms with Gasteiger partial charge in [0.25, 0.3) is 15.2 Å². The smallest absolute Gasteiger partial charge is 1.00 e. The molecule has 1 fully saturated rings. The molecule has 1 heterocycles. The Hall–Kier alpha value is 2.69. The summed E-state index contributed by atoms with van der Waals surface area (Å²) in [5.41, 5.74) is 0. The average molecular weight is 260 g/mol. The molecule has 0 nitrogen and oxygen atoms in total. The molecular weight excluding hydrogens is 252 g/mol. The third-order valence-electron chi connectivity index (χ3n) is 1.71. The van der Waals surface area contributed by atoms with Crippen LogP contribution < -0.4 is 29.6 Å². The number of halogens is 4. The van der Waals surface area contributed by atoms with Crippen molar-refractivity contribution in [3.05, 3.63) is 0 Å². The Morgan fingerprint density at radius 2 is 1.64 bits per heavy atom. The fourth-order valence-corrected chi connectivity index (χ4v) is 5.10. The van der Waals surface area contributed by atoms with Crippen LogP contribution in [0.5, 0.6) is 0 Å². The maximum absolute atomic E-state index is 5.91. The second kappa shape index (κ2) is 6.23. The summed E-state index contributed by atoms with van der Waals surface area (Å²) in [6.07, 6.45) is 0. The van der Waals surface area contributed by atoms with E-state index in [1.165, 1.54) is 0 Å². The van der Waals surface area contributed by atoms with Crippen LogP contribution >= 0.6 is 46.4 Å². The van der Waals surface area contributed by atoms with Crippen molar-refractivity contribution in [3.63, 3.8) is 0 Å². The monoisotopic (exact) mass is 258 g/mol. The Morgan fingerprint density at radius 1 is 1.09 bits per heavy atom. The van der Waals surface area contributed by atoms with Crippen LogP contribution in [0, 0.1) is 0 Å². The van der Waals surface area contributed by atoms with Crippen LogP contribution in [0.25, 0.3) is 0 Å². The van der Waals surface area contributed by atoms with Crippen LogP contribution in [0.15, 0.2) is 0 Å². The summed E-state index contributed by atoms with van der Waals surface area (Å²) in [6, 6.07) is 0. The molecule has 1 aliphatic rings. The van der Waals surface area contributed by atoms with Crippen molar-refractivity contribution in [1.82, 2.24) is 0 Å². The zero-order valence-electron chi connectivity index (χ0n) is 7.24. The van der Waals surface area contributed by atoms with E-state index in [4.69, 9.17) is 46.4 Å². The molecule has 60 valence electrons. The molecule has 1 aliphatic heterocycles. The van der Waals surface area contributed by atoms with Crippen LogP contribution in [-0.2, 0) is 0 Å². The Kier molecular flexibility index (Phi) is 7.75. The van der Waals surface area contributed by atoms with Crippen molar-refractivity contribution in [2.75, 3.05) is 0 Å². The van der Waals surface area contributed by atoms with E-state index in [2.05, 4.69) is 0 Å². The summed E-state index contributed by atoms with van der Waals surface area (Å²) >= 11 is 23.3. The van der Waals surface area contributed by atoms with Gasteiger partial charge in [0.1, 0.15) is 0 Å². The van der Waals surface area contributed by atoms with Gasteiger partial charge in [0, 0.05) is 9.62 Å². The molecule has 0 aromatic carbocycles. The molecule has 11 heavy (non-hydrogen) atoms. The van der Waals surface area contributed by atoms with Crippen molar-refractivity contribution in [1.29, 1.82) is 0 Å². The number of rotatable bonds is 0. The van der Waals surface area contributed by atoms with Gasteiger partial charge in [-0.1, -0.05) is 5.28 Å². The van der Waals surface area contributed by atoms with E-state index in [1.807, 2.05) is 0 Å². The van der Waals surface area contributed by atoms with E-state index in [-0.39, 0.29) is 66.6 Å². The fraction of sp³-hybridized carbons (Fsp3) is 1.00. The molecule has 0 radical (unpaired) electrons. The predicted molar refractivity (Wildman–Crippen MR) is 51.6 cm³/mol. The maximum atomic E-state index is 5.91. The molecule has 0 amide bonds. The van der Waals surface area contributed by atoms with Crippen LogP contribution in [-0.4, -0.2) is 35.6 Å². The first-order valence-electron chi connectivity index (χ1n) is 3.19. The number of hydrogen-bond donors (Lipinski definition) is 0. The van der Waals surface area contributed by atoms with Gasteiger partial charge in [-0.15, -0.1) is 46.4 Å². The molecule has 0 spiro atoms. The molecule has 6 heteroatoms. The zero-order chi connectivity index (χ0) is 7.72.